The molecule has 0 radical (unpaired) electrons. The molecule has 1 aromatic rings. The maximum Gasteiger partial charge on any atom is 0.247 e. The minimum Gasteiger partial charge on any atom is -0.497 e. The van der Waals surface area contributed by atoms with E-state index in [-0.39, 0.29) is 0 Å². The lowest BCUT2D eigenvalue weighted by molar-refractivity contribution is 0.415. The van der Waals surface area contributed by atoms with Crippen molar-refractivity contribution in [2.45, 2.75) is 3.79 Å². The van der Waals surface area contributed by atoms with Gasteiger partial charge in [-0.1, -0.05) is 34.8 Å². The van der Waals surface area contributed by atoms with Gasteiger partial charge in [0.1, 0.15) is 25.1 Å². The van der Waals surface area contributed by atoms with Gasteiger partial charge in [-0.15, -0.1) is 0 Å². The molecule has 0 aliphatic heterocycles. The number of halogens is 3. The molecule has 0 fully saturated rings. The van der Waals surface area contributed by atoms with Crippen molar-refractivity contribution in [3.05, 3.63) is 24.3 Å². The molecule has 0 heterocycles. The molecule has 1 unspecified atom stereocenters. The first-order valence-electron chi connectivity index (χ1n) is 3.83. The normalized spacial score (nSPS) is 12.0. The second-order valence-corrected chi connectivity index (χ2v) is 6.08. The highest BCUT2D eigenvalue weighted by Crippen LogP contribution is 2.25. The maximum absolute atomic E-state index is 5.60. The summed E-state index contributed by atoms with van der Waals surface area (Å²) in [4.78, 5) is 0. The van der Waals surface area contributed by atoms with E-state index in [0.29, 0.717) is 8.20 Å². The minimum atomic E-state index is -1.28. The maximum atomic E-state index is 5.60. The average molecular weight is 271 g/mol. The molecular weight excluding hydrogens is 261 g/mol. The Morgan fingerprint density at radius 3 is 2.21 bits per heavy atom. The molecule has 0 aliphatic carbocycles. The van der Waals surface area contributed by atoms with Gasteiger partial charge >= 0.3 is 0 Å². The van der Waals surface area contributed by atoms with Crippen molar-refractivity contribution in [1.82, 2.24) is 0 Å². The van der Waals surface area contributed by atoms with Gasteiger partial charge in [0.2, 0.25) is 3.79 Å². The van der Waals surface area contributed by atoms with Crippen LogP contribution in [-0.2, 0) is 0 Å². The van der Waals surface area contributed by atoms with Crippen molar-refractivity contribution < 1.29 is 4.74 Å². The molecule has 0 saturated heterocycles. The fourth-order valence-electron chi connectivity index (χ4n) is 0.852. The summed E-state index contributed by atoms with van der Waals surface area (Å²) >= 11 is 16.8. The van der Waals surface area contributed by atoms with E-state index < -0.39 is 3.79 Å². The molecule has 0 amide bonds. The predicted molar refractivity (Wildman–Crippen MR) is 67.3 cm³/mol. The number of benzene rings is 1. The van der Waals surface area contributed by atoms with Crippen molar-refractivity contribution in [2.75, 3.05) is 7.11 Å². The van der Waals surface area contributed by atoms with E-state index in [9.17, 15) is 0 Å². The number of methoxy groups -OCH3 is 1. The summed E-state index contributed by atoms with van der Waals surface area (Å²) < 4.78 is 3.75. The Bertz CT molecular complexity index is 316. The molecule has 0 saturated carbocycles. The zero-order valence-corrected chi connectivity index (χ0v) is 10.7. The molecule has 5 heteroatoms. The van der Waals surface area contributed by atoms with Crippen LogP contribution in [0.2, 0.25) is 0 Å². The highest BCUT2D eigenvalue weighted by atomic mass is 35.6. The van der Waals surface area contributed by atoms with Crippen molar-refractivity contribution in [1.29, 1.82) is 0 Å². The van der Waals surface area contributed by atoms with Gasteiger partial charge in [0.25, 0.3) is 0 Å². The Kier molecular flexibility index (Phi) is 4.53. The van der Waals surface area contributed by atoms with E-state index in [2.05, 4.69) is 0 Å². The van der Waals surface area contributed by atoms with E-state index in [1.54, 1.807) is 12.9 Å². The zero-order chi connectivity index (χ0) is 10.6. The molecular formula is C9H9Cl3OP+. The van der Waals surface area contributed by atoms with Gasteiger partial charge in [0, 0.05) is 0 Å². The van der Waals surface area contributed by atoms with Crippen LogP contribution in [-0.4, -0.2) is 16.7 Å². The van der Waals surface area contributed by atoms with Crippen LogP contribution in [0.1, 0.15) is 0 Å². The molecule has 0 aliphatic rings. The van der Waals surface area contributed by atoms with Gasteiger partial charge in [-0.25, -0.2) is 0 Å². The molecule has 76 valence electrons. The molecule has 1 aromatic carbocycles. The van der Waals surface area contributed by atoms with Crippen LogP contribution in [0.4, 0.5) is 0 Å². The van der Waals surface area contributed by atoms with E-state index in [4.69, 9.17) is 39.5 Å². The van der Waals surface area contributed by atoms with Crippen molar-refractivity contribution >= 4 is 54.1 Å². The predicted octanol–water partition coefficient (Wildman–Crippen LogP) is 3.17. The Morgan fingerprint density at radius 2 is 1.79 bits per heavy atom. The molecule has 1 nitrogen and oxygen atoms in total. The van der Waals surface area contributed by atoms with E-state index in [1.165, 1.54) is 0 Å². The first-order valence-corrected chi connectivity index (χ1v) is 6.04. The Balaban J connectivity index is 2.74. The fourth-order valence-corrected chi connectivity index (χ4v) is 2.03. The summed E-state index contributed by atoms with van der Waals surface area (Å²) in [6.07, 6.45) is 0. The van der Waals surface area contributed by atoms with Gasteiger partial charge in [0.15, 0.2) is 0 Å². The van der Waals surface area contributed by atoms with Gasteiger partial charge in [-0.2, -0.15) is 0 Å². The van der Waals surface area contributed by atoms with Gasteiger partial charge < -0.3 is 4.74 Å². The summed E-state index contributed by atoms with van der Waals surface area (Å²) in [7, 11) is 2.01. The standard InChI is InChI=1S/C9H8Cl3OP/c1-13-7-2-4-8(5-3-7)14-6-9(10,11)12/h2-6H,1H3/p+1. The van der Waals surface area contributed by atoms with Crippen LogP contribution in [0, 0.1) is 0 Å². The molecule has 0 N–H and O–H groups in total. The van der Waals surface area contributed by atoms with Crippen molar-refractivity contribution in [2.24, 2.45) is 0 Å². The van der Waals surface area contributed by atoms with Crippen LogP contribution in [0.15, 0.2) is 24.3 Å². The molecule has 1 rings (SSSR count). The number of ether oxygens (including phenoxy) is 1. The molecule has 0 bridgehead atoms. The Hall–Kier alpha value is 0.0600. The first kappa shape index (κ1) is 12.1. The third-order valence-electron chi connectivity index (χ3n) is 1.49. The lowest BCUT2D eigenvalue weighted by Gasteiger charge is -1.97. The van der Waals surface area contributed by atoms with E-state index in [1.807, 2.05) is 24.3 Å². The van der Waals surface area contributed by atoms with Crippen LogP contribution in [0.25, 0.3) is 0 Å². The topological polar surface area (TPSA) is 9.23 Å². The number of hydrogen-bond acceptors (Lipinski definition) is 1. The number of rotatable bonds is 2. The summed E-state index contributed by atoms with van der Waals surface area (Å²) in [6, 6.07) is 7.66. The first-order chi connectivity index (χ1) is 6.51. The summed E-state index contributed by atoms with van der Waals surface area (Å²) in [5.74, 6) is 2.48. The van der Waals surface area contributed by atoms with Crippen LogP contribution in [0.3, 0.4) is 0 Å². The van der Waals surface area contributed by atoms with Crippen molar-refractivity contribution in [3.63, 3.8) is 0 Å². The van der Waals surface area contributed by atoms with Crippen LogP contribution in [0.5, 0.6) is 5.75 Å². The van der Waals surface area contributed by atoms with Crippen LogP contribution < -0.4 is 10.0 Å². The third kappa shape index (κ3) is 4.52. The summed E-state index contributed by atoms with van der Waals surface area (Å²) in [6.45, 7) is 0. The van der Waals surface area contributed by atoms with E-state index in [0.717, 1.165) is 11.1 Å². The van der Waals surface area contributed by atoms with Gasteiger partial charge in [0.05, 0.1) is 7.11 Å². The average Bonchev–Trinajstić information content (AvgIpc) is 2.14. The lowest BCUT2D eigenvalue weighted by atomic mass is 10.3. The smallest absolute Gasteiger partial charge is 0.247 e. The largest absolute Gasteiger partial charge is 0.497 e. The second-order valence-electron chi connectivity index (χ2n) is 2.56. The lowest BCUT2D eigenvalue weighted by Crippen LogP contribution is -2.02. The van der Waals surface area contributed by atoms with Gasteiger partial charge in [-0.3, -0.25) is 0 Å². The monoisotopic (exact) mass is 269 g/mol. The Morgan fingerprint density at radius 1 is 1.21 bits per heavy atom. The zero-order valence-electron chi connectivity index (χ0n) is 7.43. The molecule has 0 spiro atoms. The number of hydrogen-bond donors (Lipinski definition) is 0. The van der Waals surface area contributed by atoms with Gasteiger partial charge in [-0.05, 0) is 24.3 Å². The highest BCUT2D eigenvalue weighted by Gasteiger charge is 2.19. The fraction of sp³-hybridized carbons (Fsp3) is 0.222. The third-order valence-corrected chi connectivity index (χ3v) is 3.61. The summed E-state index contributed by atoms with van der Waals surface area (Å²) in [5, 5.41) is 1.11. The quantitative estimate of drug-likeness (QED) is 0.592. The van der Waals surface area contributed by atoms with Crippen molar-refractivity contribution in [3.8, 4) is 5.75 Å². The Labute approximate surface area is 99.7 Å². The number of alkyl halides is 3. The second kappa shape index (κ2) is 5.23. The molecule has 14 heavy (non-hydrogen) atoms. The molecule has 1 atom stereocenters. The van der Waals surface area contributed by atoms with E-state index >= 15 is 0 Å². The SMILES string of the molecule is COc1ccc([PH+]=CC(Cl)(Cl)Cl)cc1. The molecule has 0 aromatic heterocycles. The summed E-state index contributed by atoms with van der Waals surface area (Å²) in [5.41, 5.74) is 0. The van der Waals surface area contributed by atoms with Crippen LogP contribution >= 0.6 is 43.0 Å². The highest BCUT2D eigenvalue weighted by molar-refractivity contribution is 7.48. The minimum absolute atomic E-state index is 0.377.